The van der Waals surface area contributed by atoms with Crippen molar-refractivity contribution < 1.29 is 13.2 Å². The van der Waals surface area contributed by atoms with Crippen LogP contribution in [-0.4, -0.2) is 73.1 Å². The lowest BCUT2D eigenvalue weighted by Crippen LogP contribution is -2.37. The lowest BCUT2D eigenvalue weighted by atomic mass is 10.5. The maximum atomic E-state index is 11.4. The monoisotopic (exact) mass is 253 g/mol. The van der Waals surface area contributed by atoms with E-state index in [9.17, 15) is 8.42 Å². The summed E-state index contributed by atoms with van der Waals surface area (Å²) in [4.78, 5) is 2.02. The van der Waals surface area contributed by atoms with Crippen molar-refractivity contribution >= 4 is 10.0 Å². The second-order valence-electron chi connectivity index (χ2n) is 3.61. The van der Waals surface area contributed by atoms with Gasteiger partial charge in [0.05, 0.1) is 12.4 Å². The smallest absolute Gasteiger partial charge is 0.212 e. The van der Waals surface area contributed by atoms with Gasteiger partial charge >= 0.3 is 0 Å². The van der Waals surface area contributed by atoms with Gasteiger partial charge in [0.15, 0.2) is 0 Å². The topological polar surface area (TPSA) is 70.7 Å². The molecule has 0 aliphatic carbocycles. The van der Waals surface area contributed by atoms with E-state index >= 15 is 0 Å². The number of nitrogens with zero attached hydrogens (tertiary/aromatic N) is 1. The van der Waals surface area contributed by atoms with E-state index in [1.54, 1.807) is 14.2 Å². The number of sulfonamides is 1. The van der Waals surface area contributed by atoms with Crippen molar-refractivity contribution in [1.29, 1.82) is 0 Å². The number of hydrogen-bond donors (Lipinski definition) is 2. The van der Waals surface area contributed by atoms with E-state index in [1.165, 1.54) is 0 Å². The SMILES string of the molecule is CNCCS(=O)(=O)NCCN(C)CCOC. The Labute approximate surface area is 98.4 Å². The molecule has 0 spiro atoms. The van der Waals surface area contributed by atoms with Gasteiger partial charge in [-0.3, -0.25) is 0 Å². The van der Waals surface area contributed by atoms with Gasteiger partial charge in [-0.05, 0) is 14.1 Å². The fourth-order valence-electron chi connectivity index (χ4n) is 1.06. The summed E-state index contributed by atoms with van der Waals surface area (Å²) < 4.78 is 30.3. The highest BCUT2D eigenvalue weighted by Crippen LogP contribution is 1.85. The first-order valence-corrected chi connectivity index (χ1v) is 6.96. The van der Waals surface area contributed by atoms with Crippen molar-refractivity contribution in [1.82, 2.24) is 14.9 Å². The van der Waals surface area contributed by atoms with Crippen LogP contribution in [0.2, 0.25) is 0 Å². The first-order chi connectivity index (χ1) is 7.52. The van der Waals surface area contributed by atoms with E-state index in [1.807, 2.05) is 11.9 Å². The molecule has 0 saturated carbocycles. The van der Waals surface area contributed by atoms with Crippen LogP contribution in [0.1, 0.15) is 0 Å². The minimum absolute atomic E-state index is 0.116. The Morgan fingerprint density at radius 1 is 1.25 bits per heavy atom. The van der Waals surface area contributed by atoms with Crippen LogP contribution in [0, 0.1) is 0 Å². The maximum Gasteiger partial charge on any atom is 0.212 e. The Bertz CT molecular complexity index is 257. The molecule has 0 amide bonds. The number of likely N-dealkylation sites (N-methyl/N-ethyl adjacent to an activating group) is 1. The van der Waals surface area contributed by atoms with Crippen LogP contribution in [0.25, 0.3) is 0 Å². The average Bonchev–Trinajstić information content (AvgIpc) is 2.23. The zero-order valence-electron chi connectivity index (χ0n) is 10.3. The number of methoxy groups -OCH3 is 1. The molecule has 0 rings (SSSR count). The van der Waals surface area contributed by atoms with Crippen LogP contribution >= 0.6 is 0 Å². The van der Waals surface area contributed by atoms with Crippen LogP contribution in [0.4, 0.5) is 0 Å². The van der Waals surface area contributed by atoms with Gasteiger partial charge in [0.2, 0.25) is 10.0 Å². The van der Waals surface area contributed by atoms with Crippen molar-refractivity contribution in [3.05, 3.63) is 0 Å². The second kappa shape index (κ2) is 8.89. The number of ether oxygens (including phenoxy) is 1. The Balaban J connectivity index is 3.63. The van der Waals surface area contributed by atoms with Crippen LogP contribution in [0.3, 0.4) is 0 Å². The van der Waals surface area contributed by atoms with Gasteiger partial charge in [0.1, 0.15) is 0 Å². The lowest BCUT2D eigenvalue weighted by molar-refractivity contribution is 0.162. The molecule has 0 aromatic carbocycles. The zero-order valence-corrected chi connectivity index (χ0v) is 11.1. The molecule has 0 atom stereocenters. The quantitative estimate of drug-likeness (QED) is 0.506. The summed E-state index contributed by atoms with van der Waals surface area (Å²) in [6.07, 6.45) is 0. The predicted molar refractivity (Wildman–Crippen MR) is 65.1 cm³/mol. The molecule has 0 bridgehead atoms. The molecular weight excluding hydrogens is 230 g/mol. The molecule has 0 fully saturated rings. The summed E-state index contributed by atoms with van der Waals surface area (Å²) in [6, 6.07) is 0. The van der Waals surface area contributed by atoms with Crippen LogP contribution < -0.4 is 10.0 Å². The predicted octanol–water partition coefficient (Wildman–Crippen LogP) is -1.30. The fraction of sp³-hybridized carbons (Fsp3) is 1.00. The van der Waals surface area contributed by atoms with E-state index < -0.39 is 10.0 Å². The highest BCUT2D eigenvalue weighted by Gasteiger charge is 2.08. The number of nitrogens with one attached hydrogen (secondary N) is 2. The third-order valence-electron chi connectivity index (χ3n) is 2.11. The van der Waals surface area contributed by atoms with Crippen molar-refractivity contribution in [3.63, 3.8) is 0 Å². The van der Waals surface area contributed by atoms with E-state index in [0.29, 0.717) is 26.2 Å². The second-order valence-corrected chi connectivity index (χ2v) is 5.54. The molecule has 6 nitrogen and oxygen atoms in total. The number of hydrogen-bond acceptors (Lipinski definition) is 5. The molecule has 0 radical (unpaired) electrons. The van der Waals surface area contributed by atoms with E-state index in [0.717, 1.165) is 6.54 Å². The van der Waals surface area contributed by atoms with Gasteiger partial charge in [0.25, 0.3) is 0 Å². The highest BCUT2D eigenvalue weighted by molar-refractivity contribution is 7.89. The Kier molecular flexibility index (Phi) is 8.77. The minimum Gasteiger partial charge on any atom is -0.383 e. The third-order valence-corrected chi connectivity index (χ3v) is 3.50. The molecule has 0 aliphatic rings. The van der Waals surface area contributed by atoms with Crippen LogP contribution in [0.15, 0.2) is 0 Å². The molecule has 0 heterocycles. The highest BCUT2D eigenvalue weighted by atomic mass is 32.2. The van der Waals surface area contributed by atoms with Crippen molar-refractivity contribution in [2.24, 2.45) is 0 Å². The summed E-state index contributed by atoms with van der Waals surface area (Å²) in [7, 11) is 2.18. The first kappa shape index (κ1) is 15.8. The van der Waals surface area contributed by atoms with E-state index in [-0.39, 0.29) is 5.75 Å². The number of rotatable bonds is 10. The van der Waals surface area contributed by atoms with Gasteiger partial charge in [-0.25, -0.2) is 13.1 Å². The third kappa shape index (κ3) is 9.05. The minimum atomic E-state index is -3.13. The van der Waals surface area contributed by atoms with Gasteiger partial charge in [-0.2, -0.15) is 0 Å². The molecule has 7 heteroatoms. The zero-order chi connectivity index (χ0) is 12.4. The average molecular weight is 253 g/mol. The molecule has 0 unspecified atom stereocenters. The van der Waals surface area contributed by atoms with E-state index in [4.69, 9.17) is 4.74 Å². The Morgan fingerprint density at radius 3 is 2.50 bits per heavy atom. The van der Waals surface area contributed by atoms with Crippen molar-refractivity contribution in [2.45, 2.75) is 0 Å². The summed E-state index contributed by atoms with van der Waals surface area (Å²) in [5.74, 6) is 0.116. The molecule has 2 N–H and O–H groups in total. The Morgan fingerprint density at radius 2 is 1.94 bits per heavy atom. The molecule has 0 aromatic heterocycles. The summed E-state index contributed by atoms with van der Waals surface area (Å²) in [6.45, 7) is 3.04. The van der Waals surface area contributed by atoms with Gasteiger partial charge in [-0.15, -0.1) is 0 Å². The van der Waals surface area contributed by atoms with Crippen molar-refractivity contribution in [3.8, 4) is 0 Å². The summed E-state index contributed by atoms with van der Waals surface area (Å²) >= 11 is 0. The van der Waals surface area contributed by atoms with Gasteiger partial charge in [0, 0.05) is 33.3 Å². The van der Waals surface area contributed by atoms with Gasteiger partial charge in [-0.1, -0.05) is 0 Å². The van der Waals surface area contributed by atoms with Crippen LogP contribution in [-0.2, 0) is 14.8 Å². The van der Waals surface area contributed by atoms with E-state index in [2.05, 4.69) is 10.0 Å². The normalized spacial score (nSPS) is 12.2. The molecule has 98 valence electrons. The van der Waals surface area contributed by atoms with Crippen LogP contribution in [0.5, 0.6) is 0 Å². The lowest BCUT2D eigenvalue weighted by Gasteiger charge is -2.16. The molecule has 0 aliphatic heterocycles. The molecule has 0 saturated heterocycles. The largest absolute Gasteiger partial charge is 0.383 e. The Hall–Kier alpha value is -0.210. The molecule has 16 heavy (non-hydrogen) atoms. The van der Waals surface area contributed by atoms with Gasteiger partial charge < -0.3 is 15.0 Å². The standard InChI is InChI=1S/C9H23N3O3S/c1-10-5-9-16(13,14)11-4-6-12(2)7-8-15-3/h10-11H,4-9H2,1-3H3. The molecular formula is C9H23N3O3S. The fourth-order valence-corrected chi connectivity index (χ4v) is 2.08. The maximum absolute atomic E-state index is 11.4. The summed E-state index contributed by atoms with van der Waals surface area (Å²) in [5, 5.41) is 2.80. The van der Waals surface area contributed by atoms with Crippen molar-refractivity contribution in [2.75, 3.05) is 59.7 Å². The summed E-state index contributed by atoms with van der Waals surface area (Å²) in [5.41, 5.74) is 0. The first-order valence-electron chi connectivity index (χ1n) is 5.31. The molecule has 0 aromatic rings.